The van der Waals surface area contributed by atoms with Crippen LogP contribution in [0.2, 0.25) is 0 Å². The Morgan fingerprint density at radius 1 is 0.885 bits per heavy atom. The van der Waals surface area contributed by atoms with Crippen molar-refractivity contribution >= 4 is 16.7 Å². The molecule has 3 aromatic carbocycles. The highest BCUT2D eigenvalue weighted by Crippen LogP contribution is 2.42. The molecule has 0 spiro atoms. The van der Waals surface area contributed by atoms with E-state index in [1.807, 2.05) is 42.5 Å². The lowest BCUT2D eigenvalue weighted by atomic mass is 9.99. The number of rotatable bonds is 1. The second-order valence-electron chi connectivity index (χ2n) is 6.09. The van der Waals surface area contributed by atoms with E-state index in [0.717, 1.165) is 33.9 Å². The third-order valence-corrected chi connectivity index (χ3v) is 4.63. The molecule has 0 fully saturated rings. The van der Waals surface area contributed by atoms with Crippen molar-refractivity contribution in [1.29, 1.82) is 0 Å². The Labute approximate surface area is 146 Å². The van der Waals surface area contributed by atoms with Crippen molar-refractivity contribution in [3.05, 3.63) is 77.4 Å². The number of nitrogens with one attached hydrogen (secondary N) is 1. The summed E-state index contributed by atoms with van der Waals surface area (Å²) in [4.78, 5) is 7.32. The van der Waals surface area contributed by atoms with Crippen LogP contribution in [-0.4, -0.2) is 20.9 Å². The number of halogens is 2. The molecule has 126 valence electrons. The molecule has 1 aromatic heterocycles. The first-order chi connectivity index (χ1) is 12.7. The molecule has 0 atom stereocenters. The van der Waals surface area contributed by atoms with E-state index in [0.29, 0.717) is 11.5 Å². The van der Waals surface area contributed by atoms with Crippen molar-refractivity contribution in [1.82, 2.24) is 9.97 Å². The number of nitrogens with zero attached hydrogens (tertiary/aromatic N) is 2. The quantitative estimate of drug-likeness (QED) is 0.341. The summed E-state index contributed by atoms with van der Waals surface area (Å²) in [5.74, 6) is -0.952. The van der Waals surface area contributed by atoms with E-state index in [2.05, 4.69) is 15.1 Å². The number of oxime groups is 1. The zero-order valence-corrected chi connectivity index (χ0v) is 13.3. The van der Waals surface area contributed by atoms with Gasteiger partial charge in [0.1, 0.15) is 22.9 Å². The first-order valence-corrected chi connectivity index (χ1v) is 7.97. The lowest BCUT2D eigenvalue weighted by molar-refractivity contribution is 0.320. The average Bonchev–Trinajstić information content (AvgIpc) is 3.20. The lowest BCUT2D eigenvalue weighted by Crippen LogP contribution is -1.97. The molecule has 0 saturated carbocycles. The maximum absolute atomic E-state index is 14.0. The molecule has 0 unspecified atom stereocenters. The first kappa shape index (κ1) is 14.8. The van der Waals surface area contributed by atoms with Crippen LogP contribution in [0.1, 0.15) is 11.1 Å². The average molecular weight is 347 g/mol. The molecular formula is C20H11F2N3O. The summed E-state index contributed by atoms with van der Waals surface area (Å²) in [5, 5.41) is 12.9. The zero-order chi connectivity index (χ0) is 17.8. The maximum Gasteiger partial charge on any atom is 0.153 e. The van der Waals surface area contributed by atoms with E-state index in [4.69, 9.17) is 0 Å². The van der Waals surface area contributed by atoms with Gasteiger partial charge < -0.3 is 10.2 Å². The standard InChI is InChI=1S/C20H11F2N3O/c21-10-8-15(22)19-16(9-10)23-20(24-19)14-7-3-6-13-17(14)11-4-1-2-5-12(11)18(13)25-26/h1-9,26H,(H,23,24)/b25-18-. The van der Waals surface area contributed by atoms with Crippen LogP contribution in [0.5, 0.6) is 0 Å². The normalized spacial score (nSPS) is 14.0. The maximum atomic E-state index is 14.0. The van der Waals surface area contributed by atoms with Gasteiger partial charge >= 0.3 is 0 Å². The summed E-state index contributed by atoms with van der Waals surface area (Å²) >= 11 is 0. The fraction of sp³-hybridized carbons (Fsp3) is 0. The minimum atomic E-state index is -0.715. The fourth-order valence-electron chi connectivity index (χ4n) is 3.57. The third-order valence-electron chi connectivity index (χ3n) is 4.63. The molecule has 6 heteroatoms. The highest BCUT2D eigenvalue weighted by atomic mass is 19.1. The van der Waals surface area contributed by atoms with Gasteiger partial charge in [-0.1, -0.05) is 47.6 Å². The number of fused-ring (bicyclic) bond motifs is 4. The van der Waals surface area contributed by atoms with Crippen LogP contribution in [0.25, 0.3) is 33.5 Å². The zero-order valence-electron chi connectivity index (χ0n) is 13.3. The van der Waals surface area contributed by atoms with Crippen LogP contribution >= 0.6 is 0 Å². The van der Waals surface area contributed by atoms with Crippen LogP contribution < -0.4 is 0 Å². The van der Waals surface area contributed by atoms with Crippen molar-refractivity contribution in [2.45, 2.75) is 0 Å². The highest BCUT2D eigenvalue weighted by molar-refractivity contribution is 6.26. The smallest absolute Gasteiger partial charge is 0.153 e. The predicted molar refractivity (Wildman–Crippen MR) is 94.3 cm³/mol. The summed E-state index contributed by atoms with van der Waals surface area (Å²) in [7, 11) is 0. The van der Waals surface area contributed by atoms with Gasteiger partial charge in [0.25, 0.3) is 0 Å². The van der Waals surface area contributed by atoms with Crippen LogP contribution in [0.3, 0.4) is 0 Å². The van der Waals surface area contributed by atoms with Crippen LogP contribution in [0.15, 0.2) is 59.8 Å². The first-order valence-electron chi connectivity index (χ1n) is 7.97. The van der Waals surface area contributed by atoms with Gasteiger partial charge in [-0.25, -0.2) is 13.8 Å². The molecule has 5 rings (SSSR count). The van der Waals surface area contributed by atoms with E-state index in [-0.39, 0.29) is 11.0 Å². The molecular weight excluding hydrogens is 336 g/mol. The number of hydrogen-bond acceptors (Lipinski definition) is 3. The molecule has 0 aliphatic heterocycles. The van der Waals surface area contributed by atoms with Gasteiger partial charge in [-0.15, -0.1) is 0 Å². The van der Waals surface area contributed by atoms with E-state index in [1.54, 1.807) is 0 Å². The van der Waals surface area contributed by atoms with Gasteiger partial charge in [-0.2, -0.15) is 0 Å². The summed E-state index contributed by atoms with van der Waals surface area (Å²) < 4.78 is 27.5. The molecule has 26 heavy (non-hydrogen) atoms. The second-order valence-corrected chi connectivity index (χ2v) is 6.09. The summed E-state index contributed by atoms with van der Waals surface area (Å²) in [6, 6.07) is 15.1. The van der Waals surface area contributed by atoms with E-state index >= 15 is 0 Å². The Hall–Kier alpha value is -3.54. The van der Waals surface area contributed by atoms with Gasteiger partial charge in [-0.3, -0.25) is 0 Å². The van der Waals surface area contributed by atoms with E-state index < -0.39 is 11.6 Å². The predicted octanol–water partition coefficient (Wildman–Crippen LogP) is 4.72. The van der Waals surface area contributed by atoms with Gasteiger partial charge in [0.05, 0.1) is 5.52 Å². The monoisotopic (exact) mass is 347 g/mol. The number of benzene rings is 3. The Morgan fingerprint density at radius 2 is 1.62 bits per heavy atom. The number of hydrogen-bond donors (Lipinski definition) is 2. The van der Waals surface area contributed by atoms with E-state index in [9.17, 15) is 14.0 Å². The molecule has 1 aliphatic rings. The third kappa shape index (κ3) is 1.92. The van der Waals surface area contributed by atoms with Crippen LogP contribution in [0, 0.1) is 11.6 Å². The molecule has 4 nitrogen and oxygen atoms in total. The molecule has 4 aromatic rings. The van der Waals surface area contributed by atoms with Gasteiger partial charge in [-0.05, 0) is 11.6 Å². The largest absolute Gasteiger partial charge is 0.410 e. The van der Waals surface area contributed by atoms with Crippen LogP contribution in [0.4, 0.5) is 8.78 Å². The Bertz CT molecular complexity index is 1230. The minimum Gasteiger partial charge on any atom is -0.410 e. The van der Waals surface area contributed by atoms with Crippen molar-refractivity contribution < 1.29 is 14.0 Å². The van der Waals surface area contributed by atoms with Gasteiger partial charge in [0.2, 0.25) is 0 Å². The van der Waals surface area contributed by atoms with E-state index in [1.165, 1.54) is 6.07 Å². The highest BCUT2D eigenvalue weighted by Gasteiger charge is 2.28. The fourth-order valence-corrected chi connectivity index (χ4v) is 3.57. The van der Waals surface area contributed by atoms with Crippen LogP contribution in [-0.2, 0) is 0 Å². The number of aromatic nitrogens is 2. The summed E-state index contributed by atoms with van der Waals surface area (Å²) in [5.41, 5.74) is 4.90. The minimum absolute atomic E-state index is 0.0846. The summed E-state index contributed by atoms with van der Waals surface area (Å²) in [6.07, 6.45) is 0. The number of H-pyrrole nitrogens is 1. The number of imidazole rings is 1. The molecule has 1 aliphatic carbocycles. The van der Waals surface area contributed by atoms with Crippen molar-refractivity contribution in [2.24, 2.45) is 5.16 Å². The molecule has 0 saturated heterocycles. The lowest BCUT2D eigenvalue weighted by Gasteiger charge is -2.06. The van der Waals surface area contributed by atoms with Gasteiger partial charge in [0, 0.05) is 28.3 Å². The molecule has 1 heterocycles. The molecule has 0 bridgehead atoms. The molecule has 0 radical (unpaired) electrons. The summed E-state index contributed by atoms with van der Waals surface area (Å²) in [6.45, 7) is 0. The Balaban J connectivity index is 1.82. The van der Waals surface area contributed by atoms with Crippen molar-refractivity contribution in [3.63, 3.8) is 0 Å². The number of aromatic amines is 1. The van der Waals surface area contributed by atoms with Crippen molar-refractivity contribution in [2.75, 3.05) is 0 Å². The Kier molecular flexibility index (Phi) is 2.97. The molecule has 0 amide bonds. The van der Waals surface area contributed by atoms with Gasteiger partial charge in [0.15, 0.2) is 5.82 Å². The Morgan fingerprint density at radius 3 is 2.42 bits per heavy atom. The topological polar surface area (TPSA) is 61.3 Å². The SMILES string of the molecule is O/N=C1/c2ccccc2-c2c1cccc2-c1nc2c(F)cc(F)cc2[nH]1. The second kappa shape index (κ2) is 5.23. The van der Waals surface area contributed by atoms with Crippen molar-refractivity contribution in [3.8, 4) is 22.5 Å². The molecule has 2 N–H and O–H groups in total.